The second-order valence-corrected chi connectivity index (χ2v) is 4.21. The van der Waals surface area contributed by atoms with Crippen molar-refractivity contribution in [1.82, 2.24) is 5.32 Å². The number of rotatable bonds is 2. The number of hydrogen-bond acceptors (Lipinski definition) is 2. The van der Waals surface area contributed by atoms with Crippen molar-refractivity contribution in [3.05, 3.63) is 29.6 Å². The molecular weight excluding hydrogens is 209 g/mol. The second kappa shape index (κ2) is 4.12. The van der Waals surface area contributed by atoms with E-state index in [4.69, 9.17) is 4.74 Å². The number of benzene rings is 1. The van der Waals surface area contributed by atoms with E-state index in [0.717, 1.165) is 0 Å². The Morgan fingerprint density at radius 1 is 1.56 bits per heavy atom. The van der Waals surface area contributed by atoms with Gasteiger partial charge < -0.3 is 10.1 Å². The summed E-state index contributed by atoms with van der Waals surface area (Å²) in [5, 5.41) is 2.83. The smallest absolute Gasteiger partial charge is 0.223 e. The van der Waals surface area contributed by atoms with Crippen LogP contribution < -0.4 is 10.1 Å². The van der Waals surface area contributed by atoms with Crippen LogP contribution in [0.15, 0.2) is 18.2 Å². The summed E-state index contributed by atoms with van der Waals surface area (Å²) in [6, 6.07) is 4.12. The van der Waals surface area contributed by atoms with Crippen molar-refractivity contribution >= 4 is 5.91 Å². The van der Waals surface area contributed by atoms with Gasteiger partial charge in [-0.15, -0.1) is 0 Å². The maximum Gasteiger partial charge on any atom is 0.223 e. The van der Waals surface area contributed by atoms with Crippen molar-refractivity contribution in [2.75, 3.05) is 6.61 Å². The van der Waals surface area contributed by atoms with Crippen molar-refractivity contribution in [2.24, 2.45) is 5.92 Å². The number of fused-ring (bicyclic) bond motifs is 1. The third-order valence-corrected chi connectivity index (χ3v) is 2.59. The fourth-order valence-electron chi connectivity index (χ4n) is 1.64. The summed E-state index contributed by atoms with van der Waals surface area (Å²) in [5.74, 6) is 0.201. The Labute approximate surface area is 93.6 Å². The highest BCUT2D eigenvalue weighted by Gasteiger charge is 2.26. The van der Waals surface area contributed by atoms with E-state index in [1.807, 2.05) is 13.8 Å². The molecule has 0 spiro atoms. The molecule has 86 valence electrons. The van der Waals surface area contributed by atoms with Crippen LogP contribution in [0.3, 0.4) is 0 Å². The van der Waals surface area contributed by atoms with Crippen LogP contribution in [0.25, 0.3) is 0 Å². The number of nitrogens with one attached hydrogen (secondary N) is 1. The molecule has 0 aromatic heterocycles. The maximum absolute atomic E-state index is 13.1. The van der Waals surface area contributed by atoms with Crippen molar-refractivity contribution in [1.29, 1.82) is 0 Å². The summed E-state index contributed by atoms with van der Waals surface area (Å²) in [4.78, 5) is 11.5. The molecule has 1 aliphatic rings. The van der Waals surface area contributed by atoms with Gasteiger partial charge in [0.2, 0.25) is 5.91 Å². The average Bonchev–Trinajstić information content (AvgIpc) is 2.61. The molecule has 1 N–H and O–H groups in total. The first-order valence-corrected chi connectivity index (χ1v) is 5.30. The number of amides is 1. The lowest BCUT2D eigenvalue weighted by Gasteiger charge is -2.13. The zero-order chi connectivity index (χ0) is 11.7. The molecular formula is C12H14FNO2. The molecule has 1 aromatic carbocycles. The predicted molar refractivity (Wildman–Crippen MR) is 57.6 cm³/mol. The van der Waals surface area contributed by atoms with Gasteiger partial charge in [-0.2, -0.15) is 0 Å². The van der Waals surface area contributed by atoms with E-state index in [1.165, 1.54) is 12.1 Å². The summed E-state index contributed by atoms with van der Waals surface area (Å²) in [7, 11) is 0. The van der Waals surface area contributed by atoms with Crippen LogP contribution in [0, 0.1) is 11.7 Å². The highest BCUT2D eigenvalue weighted by molar-refractivity contribution is 5.78. The fraction of sp³-hybridized carbons (Fsp3) is 0.417. The van der Waals surface area contributed by atoms with E-state index in [-0.39, 0.29) is 23.7 Å². The van der Waals surface area contributed by atoms with Gasteiger partial charge in [0, 0.05) is 11.5 Å². The van der Waals surface area contributed by atoms with Gasteiger partial charge in [0.15, 0.2) is 0 Å². The third kappa shape index (κ3) is 2.01. The van der Waals surface area contributed by atoms with Gasteiger partial charge in [-0.25, -0.2) is 4.39 Å². The molecule has 1 amide bonds. The zero-order valence-electron chi connectivity index (χ0n) is 9.29. The molecule has 3 nitrogen and oxygen atoms in total. The third-order valence-electron chi connectivity index (χ3n) is 2.59. The van der Waals surface area contributed by atoms with Gasteiger partial charge in [0.1, 0.15) is 18.2 Å². The standard InChI is InChI=1S/C12H14FNO2/c1-7(2)12(15)14-10-6-16-11-4-3-8(13)5-9(10)11/h3-5,7,10H,6H2,1-2H3,(H,14,15). The highest BCUT2D eigenvalue weighted by atomic mass is 19.1. The minimum atomic E-state index is -0.312. The number of carbonyl (C=O) groups excluding carboxylic acids is 1. The van der Waals surface area contributed by atoms with Crippen LogP contribution in [-0.4, -0.2) is 12.5 Å². The van der Waals surface area contributed by atoms with E-state index in [1.54, 1.807) is 6.07 Å². The molecule has 1 atom stereocenters. The molecule has 0 radical (unpaired) electrons. The average molecular weight is 223 g/mol. The first-order chi connectivity index (χ1) is 7.58. The second-order valence-electron chi connectivity index (χ2n) is 4.21. The molecule has 0 fully saturated rings. The molecule has 1 aliphatic heterocycles. The van der Waals surface area contributed by atoms with Crippen molar-refractivity contribution < 1.29 is 13.9 Å². The SMILES string of the molecule is CC(C)C(=O)NC1COc2ccc(F)cc21. The van der Waals surface area contributed by atoms with Gasteiger partial charge in [0.05, 0.1) is 6.04 Å². The monoisotopic (exact) mass is 223 g/mol. The topological polar surface area (TPSA) is 38.3 Å². The van der Waals surface area contributed by atoms with Crippen LogP contribution in [0.2, 0.25) is 0 Å². The largest absolute Gasteiger partial charge is 0.491 e. The molecule has 16 heavy (non-hydrogen) atoms. The molecule has 0 aliphatic carbocycles. The fourth-order valence-corrected chi connectivity index (χ4v) is 1.64. The quantitative estimate of drug-likeness (QED) is 0.833. The molecule has 2 rings (SSSR count). The summed E-state index contributed by atoms with van der Waals surface area (Å²) in [5.41, 5.74) is 0.717. The Morgan fingerprint density at radius 3 is 3.00 bits per heavy atom. The molecule has 4 heteroatoms. The van der Waals surface area contributed by atoms with Crippen LogP contribution in [0.4, 0.5) is 4.39 Å². The lowest BCUT2D eigenvalue weighted by molar-refractivity contribution is -0.124. The van der Waals surface area contributed by atoms with Gasteiger partial charge in [-0.3, -0.25) is 4.79 Å². The van der Waals surface area contributed by atoms with Gasteiger partial charge in [-0.05, 0) is 18.2 Å². The number of halogens is 1. The van der Waals surface area contributed by atoms with Gasteiger partial charge >= 0.3 is 0 Å². The number of carbonyl (C=O) groups is 1. The Kier molecular flexibility index (Phi) is 2.81. The molecule has 0 saturated heterocycles. The molecule has 0 bridgehead atoms. The van der Waals surface area contributed by atoms with E-state index in [2.05, 4.69) is 5.32 Å². The lowest BCUT2D eigenvalue weighted by atomic mass is 10.1. The zero-order valence-corrected chi connectivity index (χ0v) is 9.29. The summed E-state index contributed by atoms with van der Waals surface area (Å²) < 4.78 is 18.4. The van der Waals surface area contributed by atoms with Crippen molar-refractivity contribution in [2.45, 2.75) is 19.9 Å². The highest BCUT2D eigenvalue weighted by Crippen LogP contribution is 2.32. The normalized spacial score (nSPS) is 18.1. The van der Waals surface area contributed by atoms with E-state index >= 15 is 0 Å². The Bertz CT molecular complexity index is 417. The van der Waals surface area contributed by atoms with Gasteiger partial charge in [-0.1, -0.05) is 13.8 Å². The van der Waals surface area contributed by atoms with Gasteiger partial charge in [0.25, 0.3) is 0 Å². The Hall–Kier alpha value is -1.58. The molecule has 1 aromatic rings. The number of hydrogen-bond donors (Lipinski definition) is 1. The summed E-state index contributed by atoms with van der Waals surface area (Å²) >= 11 is 0. The van der Waals surface area contributed by atoms with Crippen molar-refractivity contribution in [3.8, 4) is 5.75 Å². The molecule has 0 saturated carbocycles. The number of ether oxygens (including phenoxy) is 1. The van der Waals surface area contributed by atoms with Crippen molar-refractivity contribution in [3.63, 3.8) is 0 Å². The van der Waals surface area contributed by atoms with Crippen LogP contribution in [-0.2, 0) is 4.79 Å². The first-order valence-electron chi connectivity index (χ1n) is 5.30. The maximum atomic E-state index is 13.1. The summed E-state index contributed by atoms with van der Waals surface area (Å²) in [6.45, 7) is 4.01. The Morgan fingerprint density at radius 2 is 2.31 bits per heavy atom. The molecule has 1 heterocycles. The summed E-state index contributed by atoms with van der Waals surface area (Å²) in [6.07, 6.45) is 0. The van der Waals surface area contributed by atoms with E-state index in [9.17, 15) is 9.18 Å². The van der Waals surface area contributed by atoms with Crippen LogP contribution in [0.1, 0.15) is 25.5 Å². The first kappa shape index (κ1) is 10.9. The predicted octanol–water partition coefficient (Wildman–Crippen LogP) is 2.03. The Balaban J connectivity index is 2.17. The van der Waals surface area contributed by atoms with Crippen LogP contribution in [0.5, 0.6) is 5.75 Å². The molecule has 1 unspecified atom stereocenters. The lowest BCUT2D eigenvalue weighted by Crippen LogP contribution is -2.32. The van der Waals surface area contributed by atoms with E-state index < -0.39 is 0 Å². The minimum Gasteiger partial charge on any atom is -0.491 e. The minimum absolute atomic E-state index is 0.0503. The van der Waals surface area contributed by atoms with E-state index in [0.29, 0.717) is 17.9 Å². The van der Waals surface area contributed by atoms with Crippen LogP contribution >= 0.6 is 0 Å².